The third kappa shape index (κ3) is 72.5. The molecule has 2 atom stereocenters. The van der Waals surface area contributed by atoms with Crippen LogP contribution in [0, 0.1) is 0 Å². The Labute approximate surface area is 540 Å². The van der Waals surface area contributed by atoms with Gasteiger partial charge in [-0.05, 0) is 91.4 Å². The maximum Gasteiger partial charge on any atom is 2.00 e. The van der Waals surface area contributed by atoms with E-state index in [0.29, 0.717) is 12.1 Å². The monoisotopic (exact) mass is 1170 g/mol. The second-order valence-corrected chi connectivity index (χ2v) is 26.0. The van der Waals surface area contributed by atoms with E-state index in [9.17, 15) is 19.8 Å². The maximum absolute atomic E-state index is 11.0. The van der Waals surface area contributed by atoms with Gasteiger partial charge in [-0.15, -0.1) is 0 Å². The van der Waals surface area contributed by atoms with Gasteiger partial charge in [-0.1, -0.05) is 362 Å². The molecule has 0 aromatic carbocycles. The summed E-state index contributed by atoms with van der Waals surface area (Å²) in [5.41, 5.74) is 0. The summed E-state index contributed by atoms with van der Waals surface area (Å²) in [5, 5.41) is 22.0. The Morgan fingerprint density at radius 1 is 0.247 bits per heavy atom. The molecule has 0 heterocycles. The topological polar surface area (TPSA) is 86.7 Å². The van der Waals surface area contributed by atoms with Crippen LogP contribution >= 0.6 is 0 Å². The second-order valence-electron chi connectivity index (χ2n) is 26.0. The van der Waals surface area contributed by atoms with Gasteiger partial charge in [0, 0.05) is 24.0 Å². The molecule has 0 saturated carbocycles. The van der Waals surface area contributed by atoms with Crippen molar-refractivity contribution in [3.05, 3.63) is 0 Å². The molecule has 7 heteroatoms. The van der Waals surface area contributed by atoms with Gasteiger partial charge in [0.05, 0.1) is 0 Å². The van der Waals surface area contributed by atoms with Crippen LogP contribution in [0.25, 0.3) is 0 Å². The van der Waals surface area contributed by atoms with E-state index in [0.717, 1.165) is 39.0 Å². The number of hydrogen-bond acceptors (Lipinski definition) is 6. The van der Waals surface area contributed by atoms with Crippen LogP contribution in [0.3, 0.4) is 0 Å². The number of carbonyl (C=O) groups excluding carboxylic acids is 2. The van der Waals surface area contributed by atoms with Crippen molar-refractivity contribution < 1.29 is 19.8 Å². The molecule has 0 N–H and O–H groups in total. The number of unbranched alkanes of at least 4 members (excludes halogenated alkanes) is 52. The van der Waals surface area contributed by atoms with E-state index in [1.54, 1.807) is 0 Å². The summed E-state index contributed by atoms with van der Waals surface area (Å²) in [7, 11) is 0. The number of nitrogens with zero attached hydrogens (tertiary/aromatic N) is 2. The van der Waals surface area contributed by atoms with Gasteiger partial charge < -0.3 is 29.6 Å². The molecule has 0 amide bonds. The Morgan fingerprint density at radius 3 is 0.494 bits per heavy atom. The van der Waals surface area contributed by atoms with E-state index >= 15 is 0 Å². The molecule has 81 heavy (non-hydrogen) atoms. The third-order valence-corrected chi connectivity index (χ3v) is 18.0. The fraction of sp³-hybridized carbons (Fsp3) is 0.973. The van der Waals surface area contributed by atoms with Crippen molar-refractivity contribution in [1.29, 1.82) is 0 Å². The van der Waals surface area contributed by atoms with Gasteiger partial charge in [0.25, 0.3) is 0 Å². The van der Waals surface area contributed by atoms with Crippen LogP contribution in [-0.4, -0.2) is 97.7 Å². The molecule has 0 aromatic rings. The molecule has 0 aliphatic rings. The van der Waals surface area contributed by atoms with E-state index < -0.39 is 11.9 Å². The Bertz CT molecular complexity index is 1020. The van der Waals surface area contributed by atoms with Crippen LogP contribution in [0.1, 0.15) is 427 Å². The van der Waals surface area contributed by atoms with E-state index in [-0.39, 0.29) is 50.6 Å². The summed E-state index contributed by atoms with van der Waals surface area (Å²) in [6, 6.07) is 0.698. The summed E-state index contributed by atoms with van der Waals surface area (Å²) >= 11 is 0. The standard InChI is InChI=1S/2C37H75NO2.Ca/c2*1-4-6-8-10-12-14-16-18-20-22-24-26-28-30-34-38(36(3)32-33-37(39)40)35-31-29-27-25-23-21-19-17-15-13-11-9-7-5-2;/h2*36H,4-35H2,1-3H3,(H,39,40);/q;;+2/p-2. The van der Waals surface area contributed by atoms with Crippen molar-refractivity contribution in [3.8, 4) is 0 Å². The van der Waals surface area contributed by atoms with E-state index in [1.807, 2.05) is 0 Å². The van der Waals surface area contributed by atoms with Crippen LogP contribution in [-0.2, 0) is 9.59 Å². The summed E-state index contributed by atoms with van der Waals surface area (Å²) < 4.78 is 0. The molecule has 0 fully saturated rings. The Kier molecular flexibility index (Phi) is 78.3. The minimum atomic E-state index is -0.903. The molecule has 2 unspecified atom stereocenters. The molecule has 0 aliphatic carbocycles. The summed E-state index contributed by atoms with van der Waals surface area (Å²) in [6.45, 7) is 18.1. The van der Waals surface area contributed by atoms with Crippen LogP contribution in [0.2, 0.25) is 0 Å². The van der Waals surface area contributed by atoms with Gasteiger partial charge >= 0.3 is 37.7 Å². The molecule has 480 valence electrons. The normalized spacial score (nSPS) is 12.2. The smallest absolute Gasteiger partial charge is 0.550 e. The van der Waals surface area contributed by atoms with Crippen LogP contribution < -0.4 is 10.2 Å². The number of carbonyl (C=O) groups is 2. The first-order valence-corrected chi connectivity index (χ1v) is 37.1. The van der Waals surface area contributed by atoms with Crippen molar-refractivity contribution in [2.45, 2.75) is 439 Å². The van der Waals surface area contributed by atoms with Crippen LogP contribution in [0.4, 0.5) is 0 Å². The first-order chi connectivity index (χ1) is 39.2. The second kappa shape index (κ2) is 74.4. The quantitative estimate of drug-likeness (QED) is 0.0445. The molecular weight excluding hydrogens is 1020 g/mol. The molecule has 0 aliphatic heterocycles. The molecule has 0 rings (SSSR count). The Hall–Kier alpha value is 0.120. The fourth-order valence-electron chi connectivity index (χ4n) is 12.2. The Morgan fingerprint density at radius 2 is 0.370 bits per heavy atom. The van der Waals surface area contributed by atoms with Crippen molar-refractivity contribution in [1.82, 2.24) is 9.80 Å². The molecule has 0 bridgehead atoms. The fourth-order valence-corrected chi connectivity index (χ4v) is 12.2. The van der Waals surface area contributed by atoms with Crippen molar-refractivity contribution >= 4 is 49.7 Å². The largest absolute Gasteiger partial charge is 2.00 e. The molecule has 0 saturated heterocycles. The molecule has 0 spiro atoms. The molecule has 0 radical (unpaired) electrons. The van der Waals surface area contributed by atoms with Gasteiger partial charge in [-0.2, -0.15) is 0 Å². The predicted molar refractivity (Wildman–Crippen MR) is 358 cm³/mol. The van der Waals surface area contributed by atoms with E-state index in [4.69, 9.17) is 0 Å². The zero-order valence-corrected chi connectivity index (χ0v) is 58.9. The van der Waals surface area contributed by atoms with Crippen molar-refractivity contribution in [3.63, 3.8) is 0 Å². The number of rotatable bonds is 68. The first-order valence-electron chi connectivity index (χ1n) is 37.1. The molecule has 0 aromatic heterocycles. The summed E-state index contributed by atoms with van der Waals surface area (Å²) in [6.07, 6.45) is 79.9. The Balaban J connectivity index is -0.00000148. The van der Waals surface area contributed by atoms with Crippen molar-refractivity contribution in [2.75, 3.05) is 26.2 Å². The van der Waals surface area contributed by atoms with Gasteiger partial charge in [-0.3, -0.25) is 0 Å². The van der Waals surface area contributed by atoms with Gasteiger partial charge in [0.15, 0.2) is 0 Å². The zero-order valence-electron chi connectivity index (χ0n) is 56.6. The van der Waals surface area contributed by atoms with Gasteiger partial charge in [0.1, 0.15) is 0 Å². The minimum absolute atomic E-state index is 0. The summed E-state index contributed by atoms with van der Waals surface area (Å²) in [4.78, 5) is 27.1. The third-order valence-electron chi connectivity index (χ3n) is 18.0. The predicted octanol–water partition coefficient (Wildman–Crippen LogP) is 22.0. The number of hydrogen-bond donors (Lipinski definition) is 0. The summed E-state index contributed by atoms with van der Waals surface area (Å²) in [5.74, 6) is -1.81. The average molecular weight is 1170 g/mol. The van der Waals surface area contributed by atoms with E-state index in [1.165, 1.54) is 360 Å². The molecule has 6 nitrogen and oxygen atoms in total. The SMILES string of the molecule is CCCCCCCCCCCCCCCCN(CCCCCCCCCCCCCCCC)C(C)CCC(=O)[O-].CCCCCCCCCCCCCCCCN(CCCCCCCCCCCCCCCC)C(C)CCC(=O)[O-].[Ca+2]. The minimum Gasteiger partial charge on any atom is -0.550 e. The first kappa shape index (κ1) is 85.3. The van der Waals surface area contributed by atoms with Crippen molar-refractivity contribution in [2.24, 2.45) is 0 Å². The van der Waals surface area contributed by atoms with Crippen LogP contribution in [0.15, 0.2) is 0 Å². The maximum atomic E-state index is 11.0. The van der Waals surface area contributed by atoms with Gasteiger partial charge in [-0.25, -0.2) is 0 Å². The van der Waals surface area contributed by atoms with E-state index in [2.05, 4.69) is 51.3 Å². The van der Waals surface area contributed by atoms with Gasteiger partial charge in [0.2, 0.25) is 0 Å². The number of carboxylic acid groups (broad SMARTS) is 2. The average Bonchev–Trinajstić information content (AvgIpc) is 3.45. The number of aliphatic carboxylic acids is 2. The van der Waals surface area contributed by atoms with Crippen LogP contribution in [0.5, 0.6) is 0 Å². The molecular formula is C74H148CaN2O4. The number of carboxylic acids is 2. The zero-order chi connectivity index (χ0) is 58.7.